The molecule has 3 rings (SSSR count). The van der Waals surface area contributed by atoms with Gasteiger partial charge in [0.2, 0.25) is 0 Å². The van der Waals surface area contributed by atoms with Gasteiger partial charge in [0, 0.05) is 31.7 Å². The second-order valence-corrected chi connectivity index (χ2v) is 6.56. The second-order valence-electron chi connectivity index (χ2n) is 4.86. The molecule has 0 amide bonds. The van der Waals surface area contributed by atoms with Gasteiger partial charge < -0.3 is 9.12 Å². The van der Waals surface area contributed by atoms with E-state index >= 15 is 0 Å². The van der Waals surface area contributed by atoms with Gasteiger partial charge in [-0.1, -0.05) is 0 Å². The summed E-state index contributed by atoms with van der Waals surface area (Å²) in [4.78, 5) is 14.0. The van der Waals surface area contributed by atoms with E-state index in [0.717, 1.165) is 33.0 Å². The molecule has 21 heavy (non-hydrogen) atoms. The lowest BCUT2D eigenvalue weighted by Gasteiger charge is -2.11. The van der Waals surface area contributed by atoms with Crippen molar-refractivity contribution in [2.24, 2.45) is 7.05 Å². The zero-order valence-corrected chi connectivity index (χ0v) is 13.0. The summed E-state index contributed by atoms with van der Waals surface area (Å²) in [5, 5.41) is 0. The van der Waals surface area contributed by atoms with E-state index in [1.165, 1.54) is 0 Å². The predicted molar refractivity (Wildman–Crippen MR) is 83.4 cm³/mol. The van der Waals surface area contributed by atoms with E-state index < -0.39 is 11.2 Å². The lowest BCUT2D eigenvalue weighted by Crippen LogP contribution is -2.07. The number of rotatable bonds is 3. The molecule has 0 aliphatic heterocycles. The monoisotopic (exact) mass is 300 g/mol. The molecule has 3 heterocycles. The van der Waals surface area contributed by atoms with E-state index in [9.17, 15) is 4.55 Å². The smallest absolute Gasteiger partial charge is 0.166 e. The Balaban J connectivity index is 2.24. The molecule has 3 aromatic heterocycles. The number of fused-ring (bicyclic) bond motifs is 1. The standard InChI is InChI=1S/C15H16N4OS/c1-4-21(20)13-5-6-16-9-11(13)14-18-12-7-10(2)8-17-15(12)19(14)3/h5-9H,4H2,1-3H3. The number of hydrogen-bond acceptors (Lipinski definition) is 4. The number of aryl methyl sites for hydroxylation is 2. The van der Waals surface area contributed by atoms with Crippen molar-refractivity contribution in [2.75, 3.05) is 5.75 Å². The largest absolute Gasteiger partial charge is 0.611 e. The third-order valence-electron chi connectivity index (χ3n) is 3.38. The van der Waals surface area contributed by atoms with Crippen molar-refractivity contribution < 1.29 is 4.55 Å². The summed E-state index contributed by atoms with van der Waals surface area (Å²) >= 11 is -1.05. The second kappa shape index (κ2) is 5.46. The van der Waals surface area contributed by atoms with Crippen LogP contribution >= 0.6 is 0 Å². The molecule has 0 spiro atoms. The van der Waals surface area contributed by atoms with Gasteiger partial charge >= 0.3 is 0 Å². The van der Waals surface area contributed by atoms with E-state index in [1.807, 2.05) is 37.7 Å². The first-order valence-corrected chi connectivity index (χ1v) is 8.05. The van der Waals surface area contributed by atoms with Gasteiger partial charge in [-0.05, 0) is 36.7 Å². The Kier molecular flexibility index (Phi) is 3.65. The predicted octanol–water partition coefficient (Wildman–Crippen LogP) is 2.47. The van der Waals surface area contributed by atoms with Gasteiger partial charge in [0.05, 0.1) is 5.56 Å². The Morgan fingerprint density at radius 3 is 2.90 bits per heavy atom. The Hall–Kier alpha value is -1.92. The van der Waals surface area contributed by atoms with Crippen molar-refractivity contribution in [1.29, 1.82) is 0 Å². The highest BCUT2D eigenvalue weighted by atomic mass is 32.2. The van der Waals surface area contributed by atoms with Gasteiger partial charge in [0.25, 0.3) is 0 Å². The summed E-state index contributed by atoms with van der Waals surface area (Å²) in [7, 11) is 1.92. The zero-order chi connectivity index (χ0) is 15.0. The summed E-state index contributed by atoms with van der Waals surface area (Å²) in [6, 6.07) is 3.80. The minimum absolute atomic E-state index is 0.568. The minimum atomic E-state index is -1.05. The molecule has 1 unspecified atom stereocenters. The summed E-state index contributed by atoms with van der Waals surface area (Å²) in [5.74, 6) is 1.31. The van der Waals surface area contributed by atoms with Crippen molar-refractivity contribution in [3.8, 4) is 11.4 Å². The van der Waals surface area contributed by atoms with Gasteiger partial charge in [-0.25, -0.2) is 9.97 Å². The van der Waals surface area contributed by atoms with E-state index in [1.54, 1.807) is 18.5 Å². The van der Waals surface area contributed by atoms with E-state index in [-0.39, 0.29) is 0 Å². The molecule has 0 aliphatic rings. The Bertz CT molecular complexity index is 799. The maximum Gasteiger partial charge on any atom is 0.166 e. The molecule has 0 aromatic carbocycles. The Morgan fingerprint density at radius 1 is 1.33 bits per heavy atom. The molecule has 0 saturated carbocycles. The minimum Gasteiger partial charge on any atom is -0.611 e. The van der Waals surface area contributed by atoms with Gasteiger partial charge in [-0.3, -0.25) is 4.98 Å². The third-order valence-corrected chi connectivity index (χ3v) is 4.75. The number of pyridine rings is 2. The van der Waals surface area contributed by atoms with Crippen LogP contribution in [0, 0.1) is 6.92 Å². The van der Waals surface area contributed by atoms with Gasteiger partial charge in [-0.2, -0.15) is 0 Å². The molecule has 6 heteroatoms. The normalized spacial score (nSPS) is 12.8. The molecular formula is C15H16N4OS. The van der Waals surface area contributed by atoms with E-state index in [0.29, 0.717) is 5.75 Å². The average molecular weight is 300 g/mol. The molecule has 1 atom stereocenters. The van der Waals surface area contributed by atoms with Crippen LogP contribution in [0.3, 0.4) is 0 Å². The maximum atomic E-state index is 12.2. The summed E-state index contributed by atoms with van der Waals surface area (Å²) in [6.45, 7) is 3.89. The SMILES string of the molecule is CC[S+]([O-])c1ccncc1-c1nc2cc(C)cnc2n1C. The molecule has 3 aromatic rings. The van der Waals surface area contributed by atoms with Gasteiger partial charge in [0.15, 0.2) is 10.5 Å². The topological polar surface area (TPSA) is 66.7 Å². The number of aromatic nitrogens is 4. The van der Waals surface area contributed by atoms with Crippen LogP contribution in [0.1, 0.15) is 12.5 Å². The van der Waals surface area contributed by atoms with Gasteiger partial charge in [0.1, 0.15) is 17.1 Å². The van der Waals surface area contributed by atoms with Crippen LogP contribution in [-0.4, -0.2) is 29.8 Å². The number of nitrogens with zero attached hydrogens (tertiary/aromatic N) is 4. The average Bonchev–Trinajstić information content (AvgIpc) is 2.82. The van der Waals surface area contributed by atoms with Crippen molar-refractivity contribution in [3.63, 3.8) is 0 Å². The fraction of sp³-hybridized carbons (Fsp3) is 0.267. The summed E-state index contributed by atoms with van der Waals surface area (Å²) < 4.78 is 14.1. The van der Waals surface area contributed by atoms with Crippen LogP contribution < -0.4 is 0 Å². The fourth-order valence-corrected chi connectivity index (χ4v) is 3.23. The zero-order valence-electron chi connectivity index (χ0n) is 12.2. The molecular weight excluding hydrogens is 284 g/mol. The van der Waals surface area contributed by atoms with E-state index in [2.05, 4.69) is 15.0 Å². The highest BCUT2D eigenvalue weighted by Crippen LogP contribution is 2.28. The van der Waals surface area contributed by atoms with Crippen LogP contribution in [-0.2, 0) is 18.2 Å². The highest BCUT2D eigenvalue weighted by Gasteiger charge is 2.20. The molecule has 0 N–H and O–H groups in total. The summed E-state index contributed by atoms with van der Waals surface area (Å²) in [5.41, 5.74) is 3.52. The first kappa shape index (κ1) is 14.0. The molecule has 5 nitrogen and oxygen atoms in total. The van der Waals surface area contributed by atoms with Gasteiger partial charge in [-0.15, -0.1) is 0 Å². The molecule has 0 saturated heterocycles. The third kappa shape index (κ3) is 2.41. The fourth-order valence-electron chi connectivity index (χ4n) is 2.32. The quantitative estimate of drug-likeness (QED) is 0.697. The van der Waals surface area contributed by atoms with Crippen LogP contribution in [0.15, 0.2) is 35.6 Å². The molecule has 0 radical (unpaired) electrons. The molecule has 0 aliphatic carbocycles. The molecule has 0 fully saturated rings. The maximum absolute atomic E-state index is 12.2. The van der Waals surface area contributed by atoms with Crippen LogP contribution in [0.2, 0.25) is 0 Å². The van der Waals surface area contributed by atoms with Crippen LogP contribution in [0.5, 0.6) is 0 Å². The number of imidazole rings is 1. The highest BCUT2D eigenvalue weighted by molar-refractivity contribution is 7.91. The summed E-state index contributed by atoms with van der Waals surface area (Å²) in [6.07, 6.45) is 5.20. The first-order valence-electron chi connectivity index (χ1n) is 6.73. The van der Waals surface area contributed by atoms with E-state index in [4.69, 9.17) is 0 Å². The van der Waals surface area contributed by atoms with Crippen LogP contribution in [0.25, 0.3) is 22.6 Å². The Morgan fingerprint density at radius 2 is 2.14 bits per heavy atom. The van der Waals surface area contributed by atoms with Crippen LogP contribution in [0.4, 0.5) is 0 Å². The van der Waals surface area contributed by atoms with Crippen molar-refractivity contribution in [1.82, 2.24) is 19.5 Å². The number of hydrogen-bond donors (Lipinski definition) is 0. The van der Waals surface area contributed by atoms with Crippen molar-refractivity contribution in [3.05, 3.63) is 36.3 Å². The molecule has 108 valence electrons. The lowest BCUT2D eigenvalue weighted by molar-refractivity contribution is 0.596. The first-order chi connectivity index (χ1) is 10.1. The van der Waals surface area contributed by atoms with Crippen molar-refractivity contribution in [2.45, 2.75) is 18.7 Å². The Labute approximate surface area is 126 Å². The molecule has 0 bridgehead atoms. The lowest BCUT2D eigenvalue weighted by atomic mass is 10.2. The van der Waals surface area contributed by atoms with Crippen molar-refractivity contribution >= 4 is 22.3 Å².